The molecule has 0 radical (unpaired) electrons. The first-order chi connectivity index (χ1) is 27.2. The van der Waals surface area contributed by atoms with E-state index in [1.54, 1.807) is 0 Å². The SMILES string of the molecule is CC/C=C\C/C=C\C/C=C\C/C=C\CCCCCCCCCCCCC(=O)OC(COCCCCCCCC/C=C\CCC)COP(=O)(O)OCC(N)C(=O)O. The van der Waals surface area contributed by atoms with E-state index in [1.165, 1.54) is 64.2 Å². The van der Waals surface area contributed by atoms with Crippen LogP contribution in [0, 0.1) is 0 Å². The standard InChI is InChI=1S/C45H80NO9P/c1-3-5-7-9-11-13-15-16-17-18-19-20-21-22-23-24-25-26-27-29-31-33-35-37-44(47)55-42(40-53-56(50,51)54-41-43(46)45(48)49)39-52-38-36-34-32-30-28-14-12-10-8-6-4-2/h5,7-8,10-11,13,16-17,19-20,42-43H,3-4,6,9,12,14-15,18,21-41,46H2,1-2H3,(H,48,49)(H,50,51)/b7-5-,10-8-,13-11-,17-16-,20-19-. The average molecular weight is 810 g/mol. The number of hydrogen-bond acceptors (Lipinski definition) is 8. The summed E-state index contributed by atoms with van der Waals surface area (Å²) in [4.78, 5) is 33.5. The van der Waals surface area contributed by atoms with Gasteiger partial charge in [0, 0.05) is 13.0 Å². The Hall–Kier alpha value is -2.33. The van der Waals surface area contributed by atoms with Crippen LogP contribution < -0.4 is 5.73 Å². The third-order valence-corrected chi connectivity index (χ3v) is 9.96. The van der Waals surface area contributed by atoms with Crippen LogP contribution in [0.15, 0.2) is 60.8 Å². The molecule has 0 aliphatic carbocycles. The zero-order valence-electron chi connectivity index (χ0n) is 35.2. The van der Waals surface area contributed by atoms with E-state index in [4.69, 9.17) is 29.4 Å². The predicted octanol–water partition coefficient (Wildman–Crippen LogP) is 12.0. The lowest BCUT2D eigenvalue weighted by atomic mass is 10.0. The summed E-state index contributed by atoms with van der Waals surface area (Å²) in [5, 5.41) is 8.89. The van der Waals surface area contributed by atoms with E-state index < -0.39 is 45.1 Å². The Labute approximate surface area is 341 Å². The largest absolute Gasteiger partial charge is 0.480 e. The van der Waals surface area contributed by atoms with Crippen LogP contribution >= 0.6 is 7.82 Å². The molecule has 0 aromatic carbocycles. The normalized spacial score (nSPS) is 14.5. The molecule has 324 valence electrons. The van der Waals surface area contributed by atoms with Crippen LogP contribution in [0.5, 0.6) is 0 Å². The molecule has 0 fully saturated rings. The van der Waals surface area contributed by atoms with E-state index in [1.807, 2.05) is 0 Å². The molecule has 0 amide bonds. The highest BCUT2D eigenvalue weighted by Gasteiger charge is 2.27. The lowest BCUT2D eigenvalue weighted by molar-refractivity contribution is -0.154. The highest BCUT2D eigenvalue weighted by molar-refractivity contribution is 7.47. The van der Waals surface area contributed by atoms with Gasteiger partial charge in [-0.3, -0.25) is 18.6 Å². The number of aliphatic carboxylic acids is 1. The molecule has 56 heavy (non-hydrogen) atoms. The number of hydrogen-bond donors (Lipinski definition) is 3. The molecule has 0 heterocycles. The number of esters is 1. The average Bonchev–Trinajstić information content (AvgIpc) is 3.18. The van der Waals surface area contributed by atoms with Gasteiger partial charge in [0.1, 0.15) is 12.1 Å². The maximum atomic E-state index is 12.6. The molecule has 0 bridgehead atoms. The van der Waals surface area contributed by atoms with E-state index in [9.17, 15) is 19.0 Å². The molecule has 0 aliphatic heterocycles. The fourth-order valence-electron chi connectivity index (χ4n) is 5.66. The van der Waals surface area contributed by atoms with Crippen molar-refractivity contribution in [3.05, 3.63) is 60.8 Å². The first-order valence-corrected chi connectivity index (χ1v) is 23.3. The lowest BCUT2D eigenvalue weighted by Crippen LogP contribution is -2.34. The molecule has 0 aromatic rings. The van der Waals surface area contributed by atoms with Gasteiger partial charge < -0.3 is 25.2 Å². The maximum absolute atomic E-state index is 12.6. The summed E-state index contributed by atoms with van der Waals surface area (Å²) in [5.41, 5.74) is 5.35. The quantitative estimate of drug-likeness (QED) is 0.0235. The molecule has 4 N–H and O–H groups in total. The van der Waals surface area contributed by atoms with Crippen molar-refractivity contribution in [3.8, 4) is 0 Å². The van der Waals surface area contributed by atoms with Gasteiger partial charge in [0.05, 0.1) is 19.8 Å². The van der Waals surface area contributed by atoms with Gasteiger partial charge >= 0.3 is 19.8 Å². The minimum absolute atomic E-state index is 0.00884. The highest BCUT2D eigenvalue weighted by atomic mass is 31.2. The number of carbonyl (C=O) groups is 2. The van der Waals surface area contributed by atoms with Crippen LogP contribution in [-0.2, 0) is 32.7 Å². The fourth-order valence-corrected chi connectivity index (χ4v) is 6.43. The van der Waals surface area contributed by atoms with Crippen LogP contribution in [0.2, 0.25) is 0 Å². The van der Waals surface area contributed by atoms with Crippen molar-refractivity contribution in [3.63, 3.8) is 0 Å². The number of phosphoric ester groups is 1. The number of nitrogens with two attached hydrogens (primary N) is 1. The number of rotatable bonds is 41. The number of phosphoric acid groups is 1. The van der Waals surface area contributed by atoms with E-state index >= 15 is 0 Å². The molecule has 0 aromatic heterocycles. The topological polar surface area (TPSA) is 155 Å². The number of unbranched alkanes of at least 4 members (excludes halogenated alkanes) is 17. The van der Waals surface area contributed by atoms with Gasteiger partial charge in [0.2, 0.25) is 0 Å². The Balaban J connectivity index is 4.17. The van der Waals surface area contributed by atoms with Gasteiger partial charge in [0.15, 0.2) is 0 Å². The molecule has 0 saturated heterocycles. The fraction of sp³-hybridized carbons (Fsp3) is 0.733. The minimum Gasteiger partial charge on any atom is -0.480 e. The summed E-state index contributed by atoms with van der Waals surface area (Å²) in [5.74, 6) is -1.79. The van der Waals surface area contributed by atoms with E-state index in [2.05, 4.69) is 74.6 Å². The van der Waals surface area contributed by atoms with E-state index in [0.717, 1.165) is 83.5 Å². The van der Waals surface area contributed by atoms with Crippen LogP contribution in [-0.4, -0.2) is 60.5 Å². The maximum Gasteiger partial charge on any atom is 0.472 e. The summed E-state index contributed by atoms with van der Waals surface area (Å²) in [6.07, 6.45) is 48.5. The minimum atomic E-state index is -4.62. The van der Waals surface area contributed by atoms with Crippen LogP contribution in [0.25, 0.3) is 0 Å². The van der Waals surface area contributed by atoms with E-state index in [-0.39, 0.29) is 13.0 Å². The molecule has 0 rings (SSSR count). The third-order valence-electron chi connectivity index (χ3n) is 9.01. The highest BCUT2D eigenvalue weighted by Crippen LogP contribution is 2.43. The second-order valence-electron chi connectivity index (χ2n) is 14.4. The number of carboxylic acids is 1. The Morgan fingerprint density at radius 2 is 1.04 bits per heavy atom. The molecular formula is C45H80NO9P. The lowest BCUT2D eigenvalue weighted by Gasteiger charge is -2.20. The second kappa shape index (κ2) is 40.9. The molecule has 11 heteroatoms. The number of allylic oxidation sites excluding steroid dienone is 10. The van der Waals surface area contributed by atoms with E-state index in [0.29, 0.717) is 13.0 Å². The smallest absolute Gasteiger partial charge is 0.472 e. The van der Waals surface area contributed by atoms with Crippen molar-refractivity contribution in [2.24, 2.45) is 5.73 Å². The summed E-state index contributed by atoms with van der Waals surface area (Å²) >= 11 is 0. The summed E-state index contributed by atoms with van der Waals surface area (Å²) in [6.45, 7) is 3.68. The molecular weight excluding hydrogens is 729 g/mol. The molecule has 0 saturated carbocycles. The molecule has 3 unspecified atom stereocenters. The van der Waals surface area contributed by atoms with Gasteiger partial charge in [-0.05, 0) is 70.6 Å². The van der Waals surface area contributed by atoms with Gasteiger partial charge in [-0.15, -0.1) is 0 Å². The Morgan fingerprint density at radius 1 is 0.589 bits per heavy atom. The molecule has 10 nitrogen and oxygen atoms in total. The molecule has 0 spiro atoms. The van der Waals surface area contributed by atoms with Gasteiger partial charge in [0.25, 0.3) is 0 Å². The first-order valence-electron chi connectivity index (χ1n) is 21.8. The van der Waals surface area contributed by atoms with Gasteiger partial charge in [-0.25, -0.2) is 4.57 Å². The molecule has 3 atom stereocenters. The zero-order valence-corrected chi connectivity index (χ0v) is 36.1. The van der Waals surface area contributed by atoms with Crippen molar-refractivity contribution < 1.29 is 42.7 Å². The van der Waals surface area contributed by atoms with Gasteiger partial charge in [-0.2, -0.15) is 0 Å². The third kappa shape index (κ3) is 39.9. The van der Waals surface area contributed by atoms with Crippen LogP contribution in [0.1, 0.15) is 174 Å². The summed E-state index contributed by atoms with van der Waals surface area (Å²) < 4.78 is 33.3. The monoisotopic (exact) mass is 810 g/mol. The van der Waals surface area contributed by atoms with Crippen molar-refractivity contribution in [1.82, 2.24) is 0 Å². The van der Waals surface area contributed by atoms with Crippen molar-refractivity contribution >= 4 is 19.8 Å². The number of ether oxygens (including phenoxy) is 2. The zero-order chi connectivity index (χ0) is 41.2. The Bertz CT molecular complexity index is 1120. The number of carboxylic acid groups (broad SMARTS) is 1. The Kier molecular flexibility index (Phi) is 39.2. The summed E-state index contributed by atoms with van der Waals surface area (Å²) in [7, 11) is -4.62. The van der Waals surface area contributed by atoms with Gasteiger partial charge in [-0.1, -0.05) is 158 Å². The van der Waals surface area contributed by atoms with Crippen molar-refractivity contribution in [2.45, 2.75) is 187 Å². The Morgan fingerprint density at radius 3 is 1.57 bits per heavy atom. The second-order valence-corrected chi connectivity index (χ2v) is 15.9. The van der Waals surface area contributed by atoms with Crippen LogP contribution in [0.4, 0.5) is 0 Å². The van der Waals surface area contributed by atoms with Crippen molar-refractivity contribution in [2.75, 3.05) is 26.4 Å². The number of carbonyl (C=O) groups excluding carboxylic acids is 1. The predicted molar refractivity (Wildman–Crippen MR) is 231 cm³/mol. The first kappa shape index (κ1) is 53.7. The van der Waals surface area contributed by atoms with Crippen molar-refractivity contribution in [1.29, 1.82) is 0 Å². The molecule has 0 aliphatic rings. The summed E-state index contributed by atoms with van der Waals surface area (Å²) in [6, 6.07) is -1.48. The van der Waals surface area contributed by atoms with Crippen LogP contribution in [0.3, 0.4) is 0 Å².